The number of aryl methyl sites for hydroxylation is 1. The number of hydrogen-bond donors (Lipinski definition) is 1. The second-order valence-electron chi connectivity index (χ2n) is 7.61. The Balaban J connectivity index is 1.52. The van der Waals surface area contributed by atoms with E-state index in [-0.39, 0.29) is 23.4 Å². The summed E-state index contributed by atoms with van der Waals surface area (Å²) in [7, 11) is 1.64. The lowest BCUT2D eigenvalue weighted by atomic mass is 10.1. The lowest BCUT2D eigenvalue weighted by Crippen LogP contribution is -2.43. The summed E-state index contributed by atoms with van der Waals surface area (Å²) in [6.07, 6.45) is 0.926. The van der Waals surface area contributed by atoms with Crippen LogP contribution < -0.4 is 5.32 Å². The van der Waals surface area contributed by atoms with E-state index in [9.17, 15) is 14.0 Å². The number of fused-ring (bicyclic) bond motifs is 1. The molecule has 0 spiro atoms. The predicted molar refractivity (Wildman–Crippen MR) is 123 cm³/mol. The van der Waals surface area contributed by atoms with Gasteiger partial charge >= 0.3 is 6.09 Å². The number of rotatable bonds is 7. The minimum Gasteiger partial charge on any atom is -0.444 e. The van der Waals surface area contributed by atoms with Crippen molar-refractivity contribution in [2.45, 2.75) is 38.8 Å². The number of carbonyl (C=O) groups excluding carboxylic acids is 2. The lowest BCUT2D eigenvalue weighted by molar-refractivity contribution is -0.133. The van der Waals surface area contributed by atoms with Crippen LogP contribution >= 0.6 is 11.6 Å². The molecule has 0 bridgehead atoms. The fraction of sp³-hybridized carbons (Fsp3) is 0.292. The maximum Gasteiger partial charge on any atom is 0.413 e. The van der Waals surface area contributed by atoms with E-state index in [1.807, 2.05) is 24.3 Å². The van der Waals surface area contributed by atoms with Crippen LogP contribution in [0.2, 0.25) is 5.02 Å². The van der Waals surface area contributed by atoms with Crippen LogP contribution in [0, 0.1) is 5.82 Å². The number of aromatic nitrogens is 1. The molecule has 1 N–H and O–H groups in total. The highest BCUT2D eigenvalue weighted by Crippen LogP contribution is 2.21. The smallest absolute Gasteiger partial charge is 0.413 e. The predicted octanol–water partition coefficient (Wildman–Crippen LogP) is 5.44. The fourth-order valence-corrected chi connectivity index (χ4v) is 3.48. The Morgan fingerprint density at radius 1 is 1.16 bits per heavy atom. The van der Waals surface area contributed by atoms with Crippen LogP contribution in [0.5, 0.6) is 0 Å². The van der Waals surface area contributed by atoms with Gasteiger partial charge < -0.3 is 9.64 Å². The van der Waals surface area contributed by atoms with E-state index >= 15 is 0 Å². The van der Waals surface area contributed by atoms with E-state index < -0.39 is 18.0 Å². The molecule has 2 amide bonds. The zero-order valence-electron chi connectivity index (χ0n) is 18.1. The van der Waals surface area contributed by atoms with E-state index in [2.05, 4.69) is 10.3 Å². The molecule has 168 valence electrons. The van der Waals surface area contributed by atoms with Crippen molar-refractivity contribution in [1.29, 1.82) is 0 Å². The Morgan fingerprint density at radius 3 is 2.62 bits per heavy atom. The van der Waals surface area contributed by atoms with Gasteiger partial charge in [0.1, 0.15) is 17.7 Å². The largest absolute Gasteiger partial charge is 0.444 e. The van der Waals surface area contributed by atoms with Gasteiger partial charge in [-0.2, -0.15) is 0 Å². The number of hydrogen-bond acceptors (Lipinski definition) is 4. The second kappa shape index (κ2) is 10.4. The maximum absolute atomic E-state index is 13.6. The number of likely N-dealkylation sites (N-methyl/N-ethyl adjacent to an activating group) is 1. The molecule has 8 heteroatoms. The molecule has 0 fully saturated rings. The van der Waals surface area contributed by atoms with Gasteiger partial charge in [-0.05, 0) is 43.4 Å². The molecule has 0 saturated heterocycles. The third-order valence-corrected chi connectivity index (χ3v) is 5.90. The summed E-state index contributed by atoms with van der Waals surface area (Å²) in [5.74, 6) is -0.290. The first-order chi connectivity index (χ1) is 15.3. The minimum absolute atomic E-state index is 0.0340. The number of carbonyl (C=O) groups is 2. The Hall–Kier alpha value is -3.19. The third kappa shape index (κ3) is 5.73. The molecule has 3 aromatic rings. The molecule has 0 aliphatic rings. The molecule has 2 aromatic carbocycles. The zero-order valence-corrected chi connectivity index (χ0v) is 18.9. The second-order valence-corrected chi connectivity index (χ2v) is 7.99. The Kier molecular flexibility index (Phi) is 7.64. The van der Waals surface area contributed by atoms with E-state index in [1.165, 1.54) is 11.0 Å². The number of nitrogens with one attached hydrogen (secondary N) is 1. The van der Waals surface area contributed by atoms with Crippen LogP contribution in [-0.4, -0.2) is 41.1 Å². The SMILES string of the molecule is CC(OC(=O)Nc1cc2ccccc2cn1)C(C)N(C)C(=O)CCc1cccc(F)c1Cl. The van der Waals surface area contributed by atoms with Gasteiger partial charge in [0, 0.05) is 25.1 Å². The molecule has 0 saturated carbocycles. The summed E-state index contributed by atoms with van der Waals surface area (Å²) in [4.78, 5) is 30.6. The number of amides is 2. The topological polar surface area (TPSA) is 71.5 Å². The zero-order chi connectivity index (χ0) is 23.3. The van der Waals surface area contributed by atoms with Gasteiger partial charge in [-0.25, -0.2) is 14.2 Å². The van der Waals surface area contributed by atoms with Gasteiger partial charge in [-0.3, -0.25) is 10.1 Å². The summed E-state index contributed by atoms with van der Waals surface area (Å²) < 4.78 is 19.0. The summed E-state index contributed by atoms with van der Waals surface area (Å²) >= 11 is 5.96. The summed E-state index contributed by atoms with van der Waals surface area (Å²) in [5, 5.41) is 4.57. The molecular formula is C24H25ClFN3O3. The van der Waals surface area contributed by atoms with Gasteiger partial charge in [0.05, 0.1) is 11.1 Å². The number of pyridine rings is 1. The van der Waals surface area contributed by atoms with Gasteiger partial charge in [-0.1, -0.05) is 48.0 Å². The van der Waals surface area contributed by atoms with E-state index in [0.29, 0.717) is 17.8 Å². The maximum atomic E-state index is 13.6. The molecule has 1 heterocycles. The van der Waals surface area contributed by atoms with Gasteiger partial charge in [0.25, 0.3) is 0 Å². The molecule has 0 aliphatic heterocycles. The first-order valence-corrected chi connectivity index (χ1v) is 10.6. The van der Waals surface area contributed by atoms with Crippen molar-refractivity contribution in [3.63, 3.8) is 0 Å². The van der Waals surface area contributed by atoms with Crippen molar-refractivity contribution in [2.75, 3.05) is 12.4 Å². The Bertz CT molecular complexity index is 1120. The number of halogens is 2. The molecule has 3 rings (SSSR count). The van der Waals surface area contributed by atoms with Crippen molar-refractivity contribution >= 4 is 40.2 Å². The molecule has 1 aromatic heterocycles. The van der Waals surface area contributed by atoms with E-state index in [4.69, 9.17) is 16.3 Å². The highest BCUT2D eigenvalue weighted by atomic mass is 35.5. The normalized spacial score (nSPS) is 12.8. The Labute approximate surface area is 191 Å². The van der Waals surface area contributed by atoms with Gasteiger partial charge in [0.15, 0.2) is 0 Å². The van der Waals surface area contributed by atoms with Crippen molar-refractivity contribution in [2.24, 2.45) is 0 Å². The summed E-state index contributed by atoms with van der Waals surface area (Å²) in [5.41, 5.74) is 0.577. The minimum atomic E-state index is -0.653. The standard InChI is InChI=1S/C24H25ClFN3O3/c1-15(29(3)22(30)12-11-17-9-6-10-20(26)23(17)25)16(2)32-24(31)28-21-13-18-7-4-5-8-19(18)14-27-21/h4-10,13-16H,11-12H2,1-3H3,(H,27,28,31). The van der Waals surface area contributed by atoms with Crippen LogP contribution in [0.1, 0.15) is 25.8 Å². The molecule has 0 aliphatic carbocycles. The van der Waals surface area contributed by atoms with Crippen molar-refractivity contribution in [3.05, 3.63) is 71.1 Å². The van der Waals surface area contributed by atoms with Gasteiger partial charge in [-0.15, -0.1) is 0 Å². The quantitative estimate of drug-likeness (QED) is 0.512. The highest BCUT2D eigenvalue weighted by Gasteiger charge is 2.24. The first-order valence-electron chi connectivity index (χ1n) is 10.3. The number of ether oxygens (including phenoxy) is 1. The number of anilines is 1. The first kappa shape index (κ1) is 23.5. The summed E-state index contributed by atoms with van der Waals surface area (Å²) in [6.45, 7) is 3.50. The monoisotopic (exact) mass is 457 g/mol. The van der Waals surface area contributed by atoms with Crippen LogP contribution in [0.4, 0.5) is 15.0 Å². The van der Waals surface area contributed by atoms with Crippen LogP contribution in [0.3, 0.4) is 0 Å². The number of benzene rings is 2. The molecule has 2 atom stereocenters. The molecule has 32 heavy (non-hydrogen) atoms. The van der Waals surface area contributed by atoms with Crippen LogP contribution in [0.15, 0.2) is 54.7 Å². The van der Waals surface area contributed by atoms with Crippen molar-refractivity contribution < 1.29 is 18.7 Å². The average Bonchev–Trinajstić information content (AvgIpc) is 2.78. The average molecular weight is 458 g/mol. The van der Waals surface area contributed by atoms with Crippen molar-refractivity contribution in [1.82, 2.24) is 9.88 Å². The van der Waals surface area contributed by atoms with Crippen LogP contribution in [-0.2, 0) is 16.0 Å². The summed E-state index contributed by atoms with van der Waals surface area (Å²) in [6, 6.07) is 13.6. The number of nitrogens with zero attached hydrogens (tertiary/aromatic N) is 2. The van der Waals surface area contributed by atoms with Gasteiger partial charge in [0.2, 0.25) is 5.91 Å². The Morgan fingerprint density at radius 2 is 1.88 bits per heavy atom. The highest BCUT2D eigenvalue weighted by molar-refractivity contribution is 6.31. The fourth-order valence-electron chi connectivity index (χ4n) is 3.25. The van der Waals surface area contributed by atoms with Crippen molar-refractivity contribution in [3.8, 4) is 0 Å². The molecular weight excluding hydrogens is 433 g/mol. The van der Waals surface area contributed by atoms with Crippen LogP contribution in [0.25, 0.3) is 10.8 Å². The molecule has 2 unspecified atom stereocenters. The third-order valence-electron chi connectivity index (χ3n) is 5.48. The molecule has 6 nitrogen and oxygen atoms in total. The lowest BCUT2D eigenvalue weighted by Gasteiger charge is -2.29. The van der Waals surface area contributed by atoms with E-state index in [0.717, 1.165) is 10.8 Å². The molecule has 0 radical (unpaired) electrons. The van der Waals surface area contributed by atoms with E-state index in [1.54, 1.807) is 45.3 Å².